The van der Waals surface area contributed by atoms with Crippen LogP contribution in [0, 0.1) is 13.8 Å². The molecule has 0 atom stereocenters. The molecule has 0 aliphatic carbocycles. The lowest BCUT2D eigenvalue weighted by atomic mass is 9.89. The molecule has 0 unspecified atom stereocenters. The molecule has 2 aromatic carbocycles. The summed E-state index contributed by atoms with van der Waals surface area (Å²) in [5, 5.41) is 1.63. The Bertz CT molecular complexity index is 1270. The molecular weight excluding hydrogens is 394 g/mol. The number of halogens is 1. The van der Waals surface area contributed by atoms with Crippen LogP contribution in [-0.4, -0.2) is 34.9 Å². The molecular formula is C25H22ClN3O. The second kappa shape index (κ2) is 7.88. The zero-order valence-corrected chi connectivity index (χ0v) is 18.2. The van der Waals surface area contributed by atoms with E-state index in [0.29, 0.717) is 10.7 Å². The van der Waals surface area contributed by atoms with Crippen molar-refractivity contribution in [2.24, 2.45) is 0 Å². The normalized spacial score (nSPS) is 11.0. The largest absolute Gasteiger partial charge is 0.343 e. The number of hydrogen-bond acceptors (Lipinski definition) is 3. The molecule has 2 aromatic heterocycles. The molecule has 0 aliphatic heterocycles. The van der Waals surface area contributed by atoms with Gasteiger partial charge in [0.2, 0.25) is 0 Å². The van der Waals surface area contributed by atoms with Gasteiger partial charge in [-0.3, -0.25) is 9.78 Å². The molecule has 0 N–H and O–H groups in total. The van der Waals surface area contributed by atoms with Gasteiger partial charge < -0.3 is 4.90 Å². The van der Waals surface area contributed by atoms with E-state index in [4.69, 9.17) is 16.6 Å². The number of rotatable bonds is 3. The Morgan fingerprint density at radius 1 is 0.967 bits per heavy atom. The molecule has 4 aromatic rings. The highest BCUT2D eigenvalue weighted by Crippen LogP contribution is 2.40. The second-order valence-electron chi connectivity index (χ2n) is 7.56. The van der Waals surface area contributed by atoms with Gasteiger partial charge in [0.25, 0.3) is 5.91 Å². The second-order valence-corrected chi connectivity index (χ2v) is 7.97. The van der Waals surface area contributed by atoms with Crippen molar-refractivity contribution in [3.63, 3.8) is 0 Å². The number of pyridine rings is 2. The quantitative estimate of drug-likeness (QED) is 0.416. The van der Waals surface area contributed by atoms with E-state index in [1.54, 1.807) is 26.5 Å². The number of benzene rings is 2. The summed E-state index contributed by atoms with van der Waals surface area (Å²) >= 11 is 6.57. The van der Waals surface area contributed by atoms with Crippen molar-refractivity contribution in [1.29, 1.82) is 0 Å². The molecule has 5 heteroatoms. The van der Waals surface area contributed by atoms with Crippen molar-refractivity contribution in [3.8, 4) is 22.3 Å². The first-order valence-corrected chi connectivity index (χ1v) is 10.1. The Morgan fingerprint density at radius 3 is 2.33 bits per heavy atom. The van der Waals surface area contributed by atoms with Crippen molar-refractivity contribution >= 4 is 28.4 Å². The zero-order valence-electron chi connectivity index (χ0n) is 17.4. The summed E-state index contributed by atoms with van der Waals surface area (Å²) in [6.07, 6.45) is 3.59. The van der Waals surface area contributed by atoms with Gasteiger partial charge in [-0.15, -0.1) is 0 Å². The van der Waals surface area contributed by atoms with Crippen LogP contribution in [0.1, 0.15) is 21.6 Å². The lowest BCUT2D eigenvalue weighted by molar-refractivity contribution is 0.0822. The summed E-state index contributed by atoms with van der Waals surface area (Å²) in [6.45, 7) is 4.17. The van der Waals surface area contributed by atoms with Crippen molar-refractivity contribution < 1.29 is 4.79 Å². The first kappa shape index (κ1) is 20.0. The van der Waals surface area contributed by atoms with Gasteiger partial charge in [0, 0.05) is 42.5 Å². The standard InChI is InChI=1S/C25H22ClN3O/c1-15-13-21-24(16(2)23(15)17-9-11-27-12-10-17)19(18-7-5-6-8-20(18)26)14-22(28-21)25(30)29(3)4/h5-14H,1-4H3. The molecule has 0 saturated heterocycles. The number of carbonyl (C=O) groups is 1. The van der Waals surface area contributed by atoms with Gasteiger partial charge in [-0.1, -0.05) is 29.8 Å². The molecule has 0 radical (unpaired) electrons. The first-order chi connectivity index (χ1) is 14.4. The lowest BCUT2D eigenvalue weighted by Crippen LogP contribution is -2.23. The Morgan fingerprint density at radius 2 is 1.67 bits per heavy atom. The van der Waals surface area contributed by atoms with E-state index in [-0.39, 0.29) is 5.91 Å². The fraction of sp³-hybridized carbons (Fsp3) is 0.160. The molecule has 0 spiro atoms. The maximum Gasteiger partial charge on any atom is 0.271 e. The third-order valence-corrected chi connectivity index (χ3v) is 5.63. The Labute approximate surface area is 181 Å². The topological polar surface area (TPSA) is 46.1 Å². The SMILES string of the molecule is Cc1cc2nc(C(=O)N(C)C)cc(-c3ccccc3Cl)c2c(C)c1-c1ccncc1. The summed E-state index contributed by atoms with van der Waals surface area (Å²) in [6, 6.07) is 15.6. The number of amides is 1. The van der Waals surface area contributed by atoms with Crippen LogP contribution in [-0.2, 0) is 0 Å². The summed E-state index contributed by atoms with van der Waals surface area (Å²) in [5.41, 5.74) is 7.41. The van der Waals surface area contributed by atoms with Gasteiger partial charge in [-0.25, -0.2) is 4.98 Å². The van der Waals surface area contributed by atoms with Gasteiger partial charge in [-0.05, 0) is 72.0 Å². The molecule has 1 amide bonds. The number of fused-ring (bicyclic) bond motifs is 1. The maximum absolute atomic E-state index is 12.7. The molecule has 0 saturated carbocycles. The monoisotopic (exact) mass is 415 g/mol. The predicted molar refractivity (Wildman–Crippen MR) is 123 cm³/mol. The molecule has 30 heavy (non-hydrogen) atoms. The average molecular weight is 416 g/mol. The minimum atomic E-state index is -0.140. The highest BCUT2D eigenvalue weighted by Gasteiger charge is 2.20. The van der Waals surface area contributed by atoms with Crippen LogP contribution in [0.15, 0.2) is 60.9 Å². The molecule has 4 nitrogen and oxygen atoms in total. The number of aromatic nitrogens is 2. The molecule has 150 valence electrons. The van der Waals surface area contributed by atoms with Gasteiger partial charge in [0.05, 0.1) is 5.52 Å². The van der Waals surface area contributed by atoms with Crippen LogP contribution in [0.4, 0.5) is 0 Å². The number of hydrogen-bond donors (Lipinski definition) is 0. The van der Waals surface area contributed by atoms with E-state index in [1.165, 1.54) is 4.90 Å². The van der Waals surface area contributed by atoms with Crippen LogP contribution in [0.25, 0.3) is 33.2 Å². The average Bonchev–Trinajstić information content (AvgIpc) is 2.73. The Kier molecular flexibility index (Phi) is 5.27. The fourth-order valence-electron chi connectivity index (χ4n) is 3.95. The smallest absolute Gasteiger partial charge is 0.271 e. The van der Waals surface area contributed by atoms with Crippen molar-refractivity contribution in [2.75, 3.05) is 14.1 Å². The van der Waals surface area contributed by atoms with Gasteiger partial charge in [0.1, 0.15) is 5.69 Å². The van der Waals surface area contributed by atoms with E-state index in [1.807, 2.05) is 48.5 Å². The third-order valence-electron chi connectivity index (χ3n) is 5.30. The first-order valence-electron chi connectivity index (χ1n) is 9.70. The summed E-state index contributed by atoms with van der Waals surface area (Å²) in [4.78, 5) is 23.1. The minimum Gasteiger partial charge on any atom is -0.343 e. The third kappa shape index (κ3) is 3.44. The van der Waals surface area contributed by atoms with Crippen LogP contribution in [0.2, 0.25) is 5.02 Å². The minimum absolute atomic E-state index is 0.140. The number of nitrogens with zero attached hydrogens (tertiary/aromatic N) is 3. The number of carbonyl (C=O) groups excluding carboxylic acids is 1. The van der Waals surface area contributed by atoms with E-state index in [2.05, 4.69) is 18.8 Å². The summed E-state index contributed by atoms with van der Waals surface area (Å²) < 4.78 is 0. The molecule has 0 fully saturated rings. The van der Waals surface area contributed by atoms with Gasteiger partial charge in [-0.2, -0.15) is 0 Å². The van der Waals surface area contributed by atoms with Crippen LogP contribution in [0.3, 0.4) is 0 Å². The highest BCUT2D eigenvalue weighted by molar-refractivity contribution is 6.33. The van der Waals surface area contributed by atoms with Gasteiger partial charge in [0.15, 0.2) is 0 Å². The van der Waals surface area contributed by atoms with Crippen molar-refractivity contribution in [2.45, 2.75) is 13.8 Å². The highest BCUT2D eigenvalue weighted by atomic mass is 35.5. The number of aryl methyl sites for hydroxylation is 2. The predicted octanol–water partition coefficient (Wildman–Crippen LogP) is 5.94. The fourth-order valence-corrected chi connectivity index (χ4v) is 4.19. The van der Waals surface area contributed by atoms with E-state index >= 15 is 0 Å². The summed E-state index contributed by atoms with van der Waals surface area (Å²) in [7, 11) is 3.46. The van der Waals surface area contributed by atoms with Crippen molar-refractivity contribution in [1.82, 2.24) is 14.9 Å². The van der Waals surface area contributed by atoms with Crippen molar-refractivity contribution in [3.05, 3.63) is 82.8 Å². The maximum atomic E-state index is 12.7. The molecule has 2 heterocycles. The lowest BCUT2D eigenvalue weighted by Gasteiger charge is -2.19. The molecule has 0 aliphatic rings. The van der Waals surface area contributed by atoms with Crippen LogP contribution >= 0.6 is 11.6 Å². The van der Waals surface area contributed by atoms with Crippen LogP contribution in [0.5, 0.6) is 0 Å². The molecule has 0 bridgehead atoms. The Hall–Kier alpha value is -3.24. The van der Waals surface area contributed by atoms with E-state index < -0.39 is 0 Å². The summed E-state index contributed by atoms with van der Waals surface area (Å²) in [5.74, 6) is -0.140. The Balaban J connectivity index is 2.12. The van der Waals surface area contributed by atoms with Crippen LogP contribution < -0.4 is 0 Å². The van der Waals surface area contributed by atoms with Gasteiger partial charge >= 0.3 is 0 Å². The molecule has 4 rings (SSSR count). The zero-order chi connectivity index (χ0) is 21.4. The van der Waals surface area contributed by atoms with E-state index in [9.17, 15) is 4.79 Å². The van der Waals surface area contributed by atoms with E-state index in [0.717, 1.165) is 44.3 Å².